The number of likely N-dealkylation sites (tertiary alicyclic amines) is 1. The monoisotopic (exact) mass is 277 g/mol. The molecule has 0 radical (unpaired) electrons. The topological polar surface area (TPSA) is 49.8 Å². The number of aliphatic carboxylic acids is 1. The summed E-state index contributed by atoms with van der Waals surface area (Å²) in [4.78, 5) is 13.0. The highest BCUT2D eigenvalue weighted by atomic mass is 16.5. The van der Waals surface area contributed by atoms with Crippen LogP contribution in [0, 0.1) is 0 Å². The number of nitrogens with zero attached hydrogens (tertiary/aromatic N) is 1. The zero-order valence-corrected chi connectivity index (χ0v) is 12.0. The van der Waals surface area contributed by atoms with Crippen LogP contribution >= 0.6 is 0 Å². The second kappa shape index (κ2) is 7.41. The van der Waals surface area contributed by atoms with Crippen molar-refractivity contribution in [2.75, 3.05) is 20.2 Å². The van der Waals surface area contributed by atoms with Gasteiger partial charge in [0.1, 0.15) is 0 Å². The van der Waals surface area contributed by atoms with Crippen molar-refractivity contribution in [2.24, 2.45) is 0 Å². The second-order valence-corrected chi connectivity index (χ2v) is 5.42. The lowest BCUT2D eigenvalue weighted by atomic mass is 10.0. The van der Waals surface area contributed by atoms with E-state index in [9.17, 15) is 4.79 Å². The van der Waals surface area contributed by atoms with Gasteiger partial charge in [0.15, 0.2) is 0 Å². The van der Waals surface area contributed by atoms with E-state index in [4.69, 9.17) is 9.84 Å². The fraction of sp³-hybridized carbons (Fsp3) is 0.562. The standard InChI is InChI=1S/C16H23NO3/c1-20-15-8-10-17(11-9-15)12-14-4-2-13(3-5-14)6-7-16(18)19/h2-5,15H,6-12H2,1H3,(H,18,19). The molecule has 0 aliphatic carbocycles. The van der Waals surface area contributed by atoms with Gasteiger partial charge in [-0.3, -0.25) is 9.69 Å². The third-order valence-electron chi connectivity index (χ3n) is 3.92. The molecule has 0 spiro atoms. The van der Waals surface area contributed by atoms with Crippen molar-refractivity contribution in [3.05, 3.63) is 35.4 Å². The summed E-state index contributed by atoms with van der Waals surface area (Å²) in [6, 6.07) is 8.31. The Kier molecular flexibility index (Phi) is 5.56. The van der Waals surface area contributed by atoms with Crippen molar-refractivity contribution in [1.82, 2.24) is 4.90 Å². The number of hydrogen-bond donors (Lipinski definition) is 1. The van der Waals surface area contributed by atoms with E-state index in [-0.39, 0.29) is 6.42 Å². The molecule has 4 nitrogen and oxygen atoms in total. The molecule has 1 aromatic rings. The van der Waals surface area contributed by atoms with Crippen LogP contribution in [0.15, 0.2) is 24.3 Å². The summed E-state index contributed by atoms with van der Waals surface area (Å²) in [7, 11) is 1.79. The molecule has 1 aromatic carbocycles. The molecule has 20 heavy (non-hydrogen) atoms. The van der Waals surface area contributed by atoms with Crippen LogP contribution in [-0.4, -0.2) is 42.3 Å². The molecule has 2 rings (SSSR count). The summed E-state index contributed by atoms with van der Waals surface area (Å²) in [5.41, 5.74) is 2.38. The minimum atomic E-state index is -0.741. The van der Waals surface area contributed by atoms with Crippen molar-refractivity contribution < 1.29 is 14.6 Å². The van der Waals surface area contributed by atoms with Crippen LogP contribution < -0.4 is 0 Å². The first-order valence-electron chi connectivity index (χ1n) is 7.22. The van der Waals surface area contributed by atoms with Gasteiger partial charge in [-0.2, -0.15) is 0 Å². The van der Waals surface area contributed by atoms with Gasteiger partial charge in [0, 0.05) is 33.2 Å². The average Bonchev–Trinajstić information content (AvgIpc) is 2.47. The Balaban J connectivity index is 1.80. The van der Waals surface area contributed by atoms with E-state index < -0.39 is 5.97 Å². The fourth-order valence-corrected chi connectivity index (χ4v) is 2.62. The number of benzene rings is 1. The van der Waals surface area contributed by atoms with E-state index in [0.717, 1.165) is 38.0 Å². The zero-order valence-electron chi connectivity index (χ0n) is 12.0. The highest BCUT2D eigenvalue weighted by Gasteiger charge is 2.18. The molecule has 0 bridgehead atoms. The highest BCUT2D eigenvalue weighted by molar-refractivity contribution is 5.67. The number of carboxylic acid groups (broad SMARTS) is 1. The summed E-state index contributed by atoms with van der Waals surface area (Å²) in [5.74, 6) is -0.741. The molecule has 0 saturated carbocycles. The van der Waals surface area contributed by atoms with E-state index in [1.165, 1.54) is 5.56 Å². The van der Waals surface area contributed by atoms with Crippen LogP contribution in [0.5, 0.6) is 0 Å². The summed E-state index contributed by atoms with van der Waals surface area (Å²) in [5, 5.41) is 8.67. The molecule has 1 heterocycles. The SMILES string of the molecule is COC1CCN(Cc2ccc(CCC(=O)O)cc2)CC1. The lowest BCUT2D eigenvalue weighted by Gasteiger charge is -2.31. The van der Waals surface area contributed by atoms with Crippen molar-refractivity contribution in [2.45, 2.75) is 38.3 Å². The Labute approximate surface area is 120 Å². The van der Waals surface area contributed by atoms with Gasteiger partial charge in [0.2, 0.25) is 0 Å². The first kappa shape index (κ1) is 15.0. The van der Waals surface area contributed by atoms with Gasteiger partial charge in [-0.25, -0.2) is 0 Å². The summed E-state index contributed by atoms with van der Waals surface area (Å²) >= 11 is 0. The normalized spacial score (nSPS) is 17.2. The molecule has 0 amide bonds. The van der Waals surface area contributed by atoms with Gasteiger partial charge >= 0.3 is 5.97 Å². The molecule has 1 aliphatic heterocycles. The smallest absolute Gasteiger partial charge is 0.303 e. The number of piperidine rings is 1. The number of carboxylic acids is 1. The number of ether oxygens (including phenoxy) is 1. The van der Waals surface area contributed by atoms with Gasteiger partial charge < -0.3 is 9.84 Å². The van der Waals surface area contributed by atoms with Crippen molar-refractivity contribution >= 4 is 5.97 Å². The van der Waals surface area contributed by atoms with Crippen LogP contribution in [0.3, 0.4) is 0 Å². The van der Waals surface area contributed by atoms with Crippen molar-refractivity contribution in [3.63, 3.8) is 0 Å². The number of aryl methyl sites for hydroxylation is 1. The van der Waals surface area contributed by atoms with Crippen molar-refractivity contribution in [3.8, 4) is 0 Å². The third-order valence-corrected chi connectivity index (χ3v) is 3.92. The average molecular weight is 277 g/mol. The number of rotatable bonds is 6. The molecule has 1 aliphatic rings. The lowest BCUT2D eigenvalue weighted by Crippen LogP contribution is -2.36. The highest BCUT2D eigenvalue weighted by Crippen LogP contribution is 2.16. The second-order valence-electron chi connectivity index (χ2n) is 5.42. The Bertz CT molecular complexity index is 422. The Morgan fingerprint density at radius 3 is 2.40 bits per heavy atom. The predicted molar refractivity (Wildman–Crippen MR) is 77.7 cm³/mol. The Morgan fingerprint density at radius 1 is 1.25 bits per heavy atom. The van der Waals surface area contributed by atoms with Crippen LogP contribution in [0.4, 0.5) is 0 Å². The quantitative estimate of drug-likeness (QED) is 0.867. The summed E-state index contributed by atoms with van der Waals surface area (Å²) in [6.45, 7) is 3.13. The van der Waals surface area contributed by atoms with Gasteiger partial charge in [-0.15, -0.1) is 0 Å². The van der Waals surface area contributed by atoms with E-state index in [0.29, 0.717) is 12.5 Å². The minimum absolute atomic E-state index is 0.198. The fourth-order valence-electron chi connectivity index (χ4n) is 2.62. The molecule has 4 heteroatoms. The number of methoxy groups -OCH3 is 1. The first-order valence-corrected chi connectivity index (χ1v) is 7.22. The number of hydrogen-bond acceptors (Lipinski definition) is 3. The lowest BCUT2D eigenvalue weighted by molar-refractivity contribution is -0.136. The molecule has 1 fully saturated rings. The molecule has 110 valence electrons. The van der Waals surface area contributed by atoms with Gasteiger partial charge in [-0.1, -0.05) is 24.3 Å². The maximum atomic E-state index is 10.5. The van der Waals surface area contributed by atoms with Crippen LogP contribution in [0.2, 0.25) is 0 Å². The molecular formula is C16H23NO3. The molecule has 0 atom stereocenters. The molecule has 1 N–H and O–H groups in total. The molecular weight excluding hydrogens is 254 g/mol. The van der Waals surface area contributed by atoms with Gasteiger partial charge in [-0.05, 0) is 30.4 Å². The minimum Gasteiger partial charge on any atom is -0.481 e. The largest absolute Gasteiger partial charge is 0.481 e. The predicted octanol–water partition coefficient (Wildman–Crippen LogP) is 2.31. The van der Waals surface area contributed by atoms with Gasteiger partial charge in [0.25, 0.3) is 0 Å². The van der Waals surface area contributed by atoms with Crippen LogP contribution in [0.25, 0.3) is 0 Å². The van der Waals surface area contributed by atoms with E-state index >= 15 is 0 Å². The van der Waals surface area contributed by atoms with E-state index in [2.05, 4.69) is 17.0 Å². The number of carbonyl (C=O) groups is 1. The van der Waals surface area contributed by atoms with E-state index in [1.807, 2.05) is 12.1 Å². The first-order chi connectivity index (χ1) is 9.67. The Hall–Kier alpha value is -1.39. The molecule has 0 unspecified atom stereocenters. The maximum absolute atomic E-state index is 10.5. The Morgan fingerprint density at radius 2 is 1.85 bits per heavy atom. The molecule has 1 saturated heterocycles. The zero-order chi connectivity index (χ0) is 14.4. The maximum Gasteiger partial charge on any atom is 0.303 e. The van der Waals surface area contributed by atoms with Crippen LogP contribution in [-0.2, 0) is 22.5 Å². The van der Waals surface area contributed by atoms with Crippen molar-refractivity contribution in [1.29, 1.82) is 0 Å². The van der Waals surface area contributed by atoms with Crippen LogP contribution in [0.1, 0.15) is 30.4 Å². The molecule has 0 aromatic heterocycles. The summed E-state index contributed by atoms with van der Waals surface area (Å²) in [6.07, 6.45) is 3.43. The summed E-state index contributed by atoms with van der Waals surface area (Å²) < 4.78 is 5.38. The van der Waals surface area contributed by atoms with Gasteiger partial charge in [0.05, 0.1) is 6.10 Å². The van der Waals surface area contributed by atoms with E-state index in [1.54, 1.807) is 7.11 Å². The third kappa shape index (κ3) is 4.62.